The van der Waals surface area contributed by atoms with Crippen LogP contribution in [0.1, 0.15) is 35.6 Å². The van der Waals surface area contributed by atoms with Crippen molar-refractivity contribution in [1.82, 2.24) is 4.90 Å². The van der Waals surface area contributed by atoms with E-state index in [2.05, 4.69) is 48.7 Å². The van der Waals surface area contributed by atoms with Crippen molar-refractivity contribution < 1.29 is 4.79 Å². The molecule has 1 aliphatic rings. The molecule has 3 rings (SSSR count). The molecule has 0 bridgehead atoms. The Morgan fingerprint density at radius 2 is 1.95 bits per heavy atom. The molecule has 104 valence electrons. The number of likely N-dealkylation sites (tertiary alicyclic amines) is 1. The Bertz CT molecular complexity index is 578. The lowest BCUT2D eigenvalue weighted by Crippen LogP contribution is -2.35. The van der Waals surface area contributed by atoms with Crippen molar-refractivity contribution in [1.29, 1.82) is 0 Å². The Hall–Kier alpha value is -1.61. The summed E-state index contributed by atoms with van der Waals surface area (Å²) in [5, 5.41) is 2.11. The summed E-state index contributed by atoms with van der Waals surface area (Å²) in [5.41, 5.74) is 1.28. The maximum Gasteiger partial charge on any atom is 0.223 e. The molecule has 1 fully saturated rings. The minimum atomic E-state index is 0.253. The average Bonchev–Trinajstić information content (AvgIpc) is 3.09. The largest absolute Gasteiger partial charge is 0.341 e. The standard InChI is InChI=1S/C17H19NOS/c1-12(15-9-6-10-20-15)17-14(11-16(19)18(17)2)13-7-4-3-5-8-13/h3-10,12,14,17H,11H2,1-2H3/t12-,14-,17+/m1/s1. The first-order chi connectivity index (χ1) is 9.68. The lowest BCUT2D eigenvalue weighted by Gasteiger charge is -2.30. The van der Waals surface area contributed by atoms with Gasteiger partial charge in [-0.25, -0.2) is 0 Å². The summed E-state index contributed by atoms with van der Waals surface area (Å²) in [4.78, 5) is 15.5. The van der Waals surface area contributed by atoms with Crippen LogP contribution in [0.15, 0.2) is 47.8 Å². The third-order valence-corrected chi connectivity index (χ3v) is 5.45. The van der Waals surface area contributed by atoms with Crippen LogP contribution in [0.5, 0.6) is 0 Å². The van der Waals surface area contributed by atoms with Crippen LogP contribution in [-0.2, 0) is 4.79 Å². The summed E-state index contributed by atoms with van der Waals surface area (Å²) < 4.78 is 0. The highest BCUT2D eigenvalue weighted by atomic mass is 32.1. The van der Waals surface area contributed by atoms with Crippen molar-refractivity contribution >= 4 is 17.2 Å². The summed E-state index contributed by atoms with van der Waals surface area (Å²) in [6.45, 7) is 2.24. The topological polar surface area (TPSA) is 20.3 Å². The quantitative estimate of drug-likeness (QED) is 0.838. The van der Waals surface area contributed by atoms with Gasteiger partial charge in [0, 0.05) is 36.2 Å². The van der Waals surface area contributed by atoms with E-state index in [0.29, 0.717) is 18.3 Å². The number of hydrogen-bond acceptors (Lipinski definition) is 2. The van der Waals surface area contributed by atoms with Crippen LogP contribution in [0.2, 0.25) is 0 Å². The van der Waals surface area contributed by atoms with Crippen molar-refractivity contribution in [2.45, 2.75) is 31.2 Å². The van der Waals surface area contributed by atoms with Gasteiger partial charge in [0.25, 0.3) is 0 Å². The van der Waals surface area contributed by atoms with Gasteiger partial charge in [-0.2, -0.15) is 0 Å². The average molecular weight is 285 g/mol. The molecular weight excluding hydrogens is 266 g/mol. The first-order valence-electron chi connectivity index (χ1n) is 7.02. The molecule has 0 unspecified atom stereocenters. The smallest absolute Gasteiger partial charge is 0.223 e. The SMILES string of the molecule is C[C@H](c1cccs1)[C@H]1[C@@H](c2ccccc2)CC(=O)N1C. The number of carbonyl (C=O) groups is 1. The molecule has 0 radical (unpaired) electrons. The second-order valence-electron chi connectivity index (χ2n) is 5.52. The van der Waals surface area contributed by atoms with Crippen LogP contribution in [0.25, 0.3) is 0 Å². The van der Waals surface area contributed by atoms with Gasteiger partial charge in [-0.15, -0.1) is 11.3 Å². The molecule has 1 amide bonds. The molecule has 0 saturated carbocycles. The van der Waals surface area contributed by atoms with Gasteiger partial charge in [0.05, 0.1) is 0 Å². The Morgan fingerprint density at radius 1 is 1.20 bits per heavy atom. The van der Waals surface area contributed by atoms with Crippen LogP contribution >= 0.6 is 11.3 Å². The zero-order valence-electron chi connectivity index (χ0n) is 11.8. The van der Waals surface area contributed by atoms with Crippen molar-refractivity contribution in [2.24, 2.45) is 0 Å². The molecule has 3 atom stereocenters. The number of hydrogen-bond donors (Lipinski definition) is 0. The van der Waals surface area contributed by atoms with Gasteiger partial charge in [-0.3, -0.25) is 4.79 Å². The summed E-state index contributed by atoms with van der Waals surface area (Å²) in [6, 6.07) is 15.0. The van der Waals surface area contributed by atoms with E-state index in [1.54, 1.807) is 11.3 Å². The molecule has 0 aliphatic carbocycles. The molecule has 2 aromatic rings. The Balaban J connectivity index is 1.95. The van der Waals surface area contributed by atoms with Crippen LogP contribution in [0.4, 0.5) is 0 Å². The van der Waals surface area contributed by atoms with Crippen LogP contribution < -0.4 is 0 Å². The third-order valence-electron chi connectivity index (χ3n) is 4.38. The van der Waals surface area contributed by atoms with E-state index in [1.165, 1.54) is 10.4 Å². The second kappa shape index (κ2) is 5.41. The Kier molecular flexibility index (Phi) is 3.62. The zero-order valence-corrected chi connectivity index (χ0v) is 12.6. The predicted octanol–water partition coefficient (Wildman–Crippen LogP) is 3.87. The lowest BCUT2D eigenvalue weighted by atomic mass is 9.84. The van der Waals surface area contributed by atoms with E-state index in [0.717, 1.165) is 0 Å². The van der Waals surface area contributed by atoms with E-state index in [4.69, 9.17) is 0 Å². The highest BCUT2D eigenvalue weighted by Gasteiger charge is 2.41. The predicted molar refractivity (Wildman–Crippen MR) is 83.1 cm³/mol. The fourth-order valence-electron chi connectivity index (χ4n) is 3.31. The van der Waals surface area contributed by atoms with E-state index in [-0.39, 0.29) is 11.9 Å². The van der Waals surface area contributed by atoms with Crippen molar-refractivity contribution in [3.8, 4) is 0 Å². The van der Waals surface area contributed by atoms with Gasteiger partial charge >= 0.3 is 0 Å². The Labute approximate surface area is 124 Å². The number of nitrogens with zero attached hydrogens (tertiary/aromatic N) is 1. The minimum Gasteiger partial charge on any atom is -0.341 e. The molecule has 0 spiro atoms. The number of amides is 1. The number of rotatable bonds is 3. The van der Waals surface area contributed by atoms with E-state index >= 15 is 0 Å². The maximum atomic E-state index is 12.2. The molecule has 0 N–H and O–H groups in total. The van der Waals surface area contributed by atoms with Crippen LogP contribution in [-0.4, -0.2) is 23.9 Å². The van der Waals surface area contributed by atoms with Crippen molar-refractivity contribution in [3.05, 3.63) is 58.3 Å². The third kappa shape index (κ3) is 2.27. The van der Waals surface area contributed by atoms with Crippen molar-refractivity contribution in [3.63, 3.8) is 0 Å². The summed E-state index contributed by atoms with van der Waals surface area (Å²) in [7, 11) is 1.94. The number of likely N-dealkylation sites (N-methyl/N-ethyl adjacent to an activating group) is 1. The Morgan fingerprint density at radius 3 is 2.60 bits per heavy atom. The number of carbonyl (C=O) groups excluding carboxylic acids is 1. The molecule has 2 heterocycles. The molecule has 1 saturated heterocycles. The van der Waals surface area contributed by atoms with E-state index in [1.807, 2.05) is 18.0 Å². The van der Waals surface area contributed by atoms with E-state index in [9.17, 15) is 4.79 Å². The maximum absolute atomic E-state index is 12.2. The van der Waals surface area contributed by atoms with Gasteiger partial charge < -0.3 is 4.90 Å². The van der Waals surface area contributed by atoms with Gasteiger partial charge in [0.1, 0.15) is 0 Å². The van der Waals surface area contributed by atoms with Crippen molar-refractivity contribution in [2.75, 3.05) is 7.05 Å². The molecule has 1 aromatic heterocycles. The lowest BCUT2D eigenvalue weighted by molar-refractivity contribution is -0.127. The molecule has 20 heavy (non-hydrogen) atoms. The number of benzene rings is 1. The molecule has 1 aromatic carbocycles. The summed E-state index contributed by atoms with van der Waals surface area (Å²) in [5.74, 6) is 0.926. The molecule has 2 nitrogen and oxygen atoms in total. The fourth-order valence-corrected chi connectivity index (χ4v) is 4.13. The first kappa shape index (κ1) is 13.4. The van der Waals surface area contributed by atoms with Crippen LogP contribution in [0, 0.1) is 0 Å². The normalized spacial score (nSPS) is 24.1. The monoisotopic (exact) mass is 285 g/mol. The van der Waals surface area contributed by atoms with Gasteiger partial charge in [0.2, 0.25) is 5.91 Å². The highest BCUT2D eigenvalue weighted by Crippen LogP contribution is 2.41. The van der Waals surface area contributed by atoms with Crippen LogP contribution in [0.3, 0.4) is 0 Å². The summed E-state index contributed by atoms with van der Waals surface area (Å²) in [6.07, 6.45) is 0.626. The second-order valence-corrected chi connectivity index (χ2v) is 6.50. The highest BCUT2D eigenvalue weighted by molar-refractivity contribution is 7.10. The minimum absolute atomic E-state index is 0.253. The summed E-state index contributed by atoms with van der Waals surface area (Å²) >= 11 is 1.78. The zero-order chi connectivity index (χ0) is 14.1. The molecule has 1 aliphatic heterocycles. The van der Waals surface area contributed by atoms with Gasteiger partial charge in [-0.1, -0.05) is 43.3 Å². The van der Waals surface area contributed by atoms with E-state index < -0.39 is 0 Å². The van der Waals surface area contributed by atoms with Gasteiger partial charge in [0.15, 0.2) is 0 Å². The fraction of sp³-hybridized carbons (Fsp3) is 0.353. The molecule has 3 heteroatoms. The first-order valence-corrected chi connectivity index (χ1v) is 7.90. The number of thiophene rings is 1. The molecular formula is C17H19NOS. The van der Waals surface area contributed by atoms with Gasteiger partial charge in [-0.05, 0) is 17.0 Å².